The summed E-state index contributed by atoms with van der Waals surface area (Å²) in [5.41, 5.74) is 3.23. The summed E-state index contributed by atoms with van der Waals surface area (Å²) < 4.78 is 7.38. The van der Waals surface area contributed by atoms with Gasteiger partial charge in [-0.05, 0) is 49.2 Å². The number of hydrogen-bond acceptors (Lipinski definition) is 6. The van der Waals surface area contributed by atoms with Gasteiger partial charge in [0.25, 0.3) is 5.56 Å². The summed E-state index contributed by atoms with van der Waals surface area (Å²) in [6.07, 6.45) is 1.84. The first-order chi connectivity index (χ1) is 15.8. The molecule has 6 nitrogen and oxygen atoms in total. The van der Waals surface area contributed by atoms with Crippen LogP contribution in [0.15, 0.2) is 69.6 Å². The largest absolute Gasteiger partial charge is 0.463 e. The second-order valence-corrected chi connectivity index (χ2v) is 9.23. The minimum absolute atomic E-state index is 0.220. The number of allylic oxidation sites excluding steroid dienone is 1. The number of hydrogen-bond donors (Lipinski definition) is 0. The minimum atomic E-state index is -0.715. The lowest BCUT2D eigenvalue weighted by Crippen LogP contribution is -2.40. The fourth-order valence-electron chi connectivity index (χ4n) is 3.80. The molecule has 0 saturated carbocycles. The molecule has 0 unspecified atom stereocenters. The molecule has 2 aromatic carbocycles. The summed E-state index contributed by atoms with van der Waals surface area (Å²) in [4.78, 5) is 33.6. The molecule has 33 heavy (non-hydrogen) atoms. The Labute approximate surface area is 200 Å². The van der Waals surface area contributed by atoms with Gasteiger partial charge in [0.05, 0.1) is 22.4 Å². The summed E-state index contributed by atoms with van der Waals surface area (Å²) in [5, 5.41) is 0.466. The number of anilines is 1. The van der Waals surface area contributed by atoms with Crippen LogP contribution in [0.2, 0.25) is 5.02 Å². The van der Waals surface area contributed by atoms with E-state index in [2.05, 4.69) is 4.99 Å². The molecule has 1 atom stereocenters. The summed E-state index contributed by atoms with van der Waals surface area (Å²) in [5.74, 6) is -0.503. The number of carbonyl (C=O) groups excluding carboxylic acids is 1. The Kier molecular flexibility index (Phi) is 6.54. The van der Waals surface area contributed by atoms with Crippen molar-refractivity contribution in [3.05, 3.63) is 95.6 Å². The fourth-order valence-corrected chi connectivity index (χ4v) is 5.09. The van der Waals surface area contributed by atoms with E-state index in [0.717, 1.165) is 11.3 Å². The van der Waals surface area contributed by atoms with Gasteiger partial charge in [0, 0.05) is 24.8 Å². The Bertz CT molecular complexity index is 1420. The Morgan fingerprint density at radius 1 is 1.21 bits per heavy atom. The number of carbonyl (C=O) groups is 1. The molecule has 0 fully saturated rings. The third-order valence-electron chi connectivity index (χ3n) is 5.42. The molecule has 4 rings (SSSR count). The zero-order valence-electron chi connectivity index (χ0n) is 18.8. The number of ether oxygens (including phenoxy) is 1. The van der Waals surface area contributed by atoms with Gasteiger partial charge < -0.3 is 9.64 Å². The highest BCUT2D eigenvalue weighted by atomic mass is 35.5. The second kappa shape index (κ2) is 9.37. The highest BCUT2D eigenvalue weighted by Gasteiger charge is 2.34. The highest BCUT2D eigenvalue weighted by molar-refractivity contribution is 7.07. The van der Waals surface area contributed by atoms with Gasteiger partial charge >= 0.3 is 5.97 Å². The predicted octanol–water partition coefficient (Wildman–Crippen LogP) is 3.52. The van der Waals surface area contributed by atoms with Crippen molar-refractivity contribution in [3.8, 4) is 0 Å². The molecule has 0 N–H and O–H groups in total. The van der Waals surface area contributed by atoms with Gasteiger partial charge in [-0.15, -0.1) is 0 Å². The van der Waals surface area contributed by atoms with Crippen molar-refractivity contribution in [1.29, 1.82) is 0 Å². The number of halogens is 1. The van der Waals surface area contributed by atoms with Crippen LogP contribution in [-0.4, -0.2) is 31.2 Å². The molecule has 1 aromatic heterocycles. The van der Waals surface area contributed by atoms with Crippen LogP contribution >= 0.6 is 22.9 Å². The number of thiazole rings is 1. The van der Waals surface area contributed by atoms with Crippen molar-refractivity contribution in [1.82, 2.24) is 4.57 Å². The van der Waals surface area contributed by atoms with E-state index in [1.54, 1.807) is 24.5 Å². The molecule has 1 aliphatic rings. The average molecular weight is 482 g/mol. The molecule has 0 amide bonds. The number of esters is 1. The Morgan fingerprint density at radius 2 is 1.91 bits per heavy atom. The van der Waals surface area contributed by atoms with Crippen LogP contribution in [-0.2, 0) is 9.53 Å². The first-order valence-electron chi connectivity index (χ1n) is 10.5. The Morgan fingerprint density at radius 3 is 2.55 bits per heavy atom. The van der Waals surface area contributed by atoms with Crippen molar-refractivity contribution in [2.75, 3.05) is 25.6 Å². The lowest BCUT2D eigenvalue weighted by atomic mass is 9.96. The van der Waals surface area contributed by atoms with Gasteiger partial charge in [0.15, 0.2) is 4.80 Å². The zero-order valence-corrected chi connectivity index (χ0v) is 20.4. The SMILES string of the molecule is CCOC(=O)C1=C(C)N=c2s/c(=C/c3ccc(N(C)C)cc3)c(=O)n2[C@@H]1c1ccccc1Cl. The number of nitrogens with zero attached hydrogens (tertiary/aromatic N) is 3. The van der Waals surface area contributed by atoms with Crippen LogP contribution in [0.4, 0.5) is 5.69 Å². The van der Waals surface area contributed by atoms with Crippen molar-refractivity contribution < 1.29 is 9.53 Å². The molecule has 0 radical (unpaired) electrons. The lowest BCUT2D eigenvalue weighted by molar-refractivity contribution is -0.139. The Balaban J connectivity index is 1.92. The maximum Gasteiger partial charge on any atom is 0.338 e. The molecule has 0 aliphatic carbocycles. The van der Waals surface area contributed by atoms with E-state index in [4.69, 9.17) is 16.3 Å². The standard InChI is InChI=1S/C25H24ClN3O3S/c1-5-32-24(31)21-15(2)27-25-29(22(21)18-8-6-7-9-19(18)26)23(30)20(33-25)14-16-10-12-17(13-11-16)28(3)4/h6-14,22H,5H2,1-4H3/b20-14+/t22-/m1/s1. The zero-order chi connectivity index (χ0) is 23.7. The van der Waals surface area contributed by atoms with Crippen LogP contribution in [0.5, 0.6) is 0 Å². The predicted molar refractivity (Wildman–Crippen MR) is 133 cm³/mol. The van der Waals surface area contributed by atoms with Crippen LogP contribution in [0, 0.1) is 0 Å². The third kappa shape index (κ3) is 4.38. The highest BCUT2D eigenvalue weighted by Crippen LogP contribution is 2.34. The van der Waals surface area contributed by atoms with Crippen molar-refractivity contribution in [2.45, 2.75) is 19.9 Å². The maximum absolute atomic E-state index is 13.6. The van der Waals surface area contributed by atoms with Crippen LogP contribution in [0.3, 0.4) is 0 Å². The summed E-state index contributed by atoms with van der Waals surface area (Å²) in [7, 11) is 3.95. The molecule has 3 aromatic rings. The van der Waals surface area contributed by atoms with Crippen molar-refractivity contribution in [3.63, 3.8) is 0 Å². The first-order valence-corrected chi connectivity index (χ1v) is 11.7. The van der Waals surface area contributed by atoms with E-state index in [1.165, 1.54) is 11.3 Å². The quantitative estimate of drug-likeness (QED) is 0.523. The molecule has 0 saturated heterocycles. The molecule has 2 heterocycles. The monoisotopic (exact) mass is 481 g/mol. The lowest BCUT2D eigenvalue weighted by Gasteiger charge is -2.25. The van der Waals surface area contributed by atoms with Crippen LogP contribution < -0.4 is 19.8 Å². The summed E-state index contributed by atoms with van der Waals surface area (Å²) in [6, 6.07) is 14.4. The van der Waals surface area contributed by atoms with Gasteiger partial charge in [-0.3, -0.25) is 9.36 Å². The minimum Gasteiger partial charge on any atom is -0.463 e. The summed E-state index contributed by atoms with van der Waals surface area (Å²) in [6.45, 7) is 3.72. The number of benzene rings is 2. The topological polar surface area (TPSA) is 63.9 Å². The second-order valence-electron chi connectivity index (χ2n) is 7.81. The molecular weight excluding hydrogens is 458 g/mol. The fraction of sp³-hybridized carbons (Fsp3) is 0.240. The van der Waals surface area contributed by atoms with E-state index < -0.39 is 12.0 Å². The number of rotatable bonds is 5. The average Bonchev–Trinajstić information content (AvgIpc) is 3.08. The van der Waals surface area contributed by atoms with Crippen molar-refractivity contribution in [2.24, 2.45) is 4.99 Å². The maximum atomic E-state index is 13.6. The number of fused-ring (bicyclic) bond motifs is 1. The van der Waals surface area contributed by atoms with E-state index in [0.29, 0.717) is 31.2 Å². The smallest absolute Gasteiger partial charge is 0.338 e. The van der Waals surface area contributed by atoms with E-state index in [1.807, 2.05) is 67.5 Å². The first kappa shape index (κ1) is 23.0. The third-order valence-corrected chi connectivity index (χ3v) is 6.75. The normalized spacial score (nSPS) is 15.8. The van der Waals surface area contributed by atoms with Crippen molar-refractivity contribution >= 4 is 40.7 Å². The van der Waals surface area contributed by atoms with E-state index in [9.17, 15) is 9.59 Å². The van der Waals surface area contributed by atoms with Gasteiger partial charge in [-0.1, -0.05) is 53.3 Å². The molecule has 170 valence electrons. The molecule has 8 heteroatoms. The van der Waals surface area contributed by atoms with Crippen LogP contribution in [0.25, 0.3) is 6.08 Å². The van der Waals surface area contributed by atoms with Gasteiger partial charge in [-0.25, -0.2) is 9.79 Å². The van der Waals surface area contributed by atoms with E-state index >= 15 is 0 Å². The van der Waals surface area contributed by atoms with E-state index in [-0.39, 0.29) is 12.2 Å². The Hall–Kier alpha value is -3.16. The number of aromatic nitrogens is 1. The molecular formula is C25H24ClN3O3S. The van der Waals surface area contributed by atoms with Gasteiger partial charge in [-0.2, -0.15) is 0 Å². The van der Waals surface area contributed by atoms with Gasteiger partial charge in [0.1, 0.15) is 6.04 Å². The molecule has 0 spiro atoms. The van der Waals surface area contributed by atoms with Gasteiger partial charge in [0.2, 0.25) is 0 Å². The molecule has 1 aliphatic heterocycles. The van der Waals surface area contributed by atoms with Crippen LogP contribution in [0.1, 0.15) is 31.0 Å². The molecule has 0 bridgehead atoms. The summed E-state index contributed by atoms with van der Waals surface area (Å²) >= 11 is 7.81.